The number of halogens is 1. The van der Waals surface area contributed by atoms with Crippen LogP contribution in [-0.2, 0) is 7.05 Å². The van der Waals surface area contributed by atoms with Crippen molar-refractivity contribution < 1.29 is 0 Å². The molecule has 6 rings (SSSR count). The van der Waals surface area contributed by atoms with E-state index in [1.54, 1.807) is 16.0 Å². The van der Waals surface area contributed by atoms with E-state index in [-0.39, 0.29) is 12.4 Å². The van der Waals surface area contributed by atoms with E-state index in [4.69, 9.17) is 4.98 Å². The SMILES string of the molecule is CN(c1nc2cnc(-c3cc(C#N)c4nn(C)cc4c3)cc2s1)C1C[C@H]2CC[C@@H](C1)N2.Cl. The van der Waals surface area contributed by atoms with Gasteiger partial charge in [0.05, 0.1) is 22.2 Å². The summed E-state index contributed by atoms with van der Waals surface area (Å²) in [5.74, 6) is 0. The zero-order valence-corrected chi connectivity index (χ0v) is 19.6. The van der Waals surface area contributed by atoms with Gasteiger partial charge in [-0.15, -0.1) is 12.4 Å². The second-order valence-electron chi connectivity index (χ2n) is 8.78. The number of benzene rings is 1. The summed E-state index contributed by atoms with van der Waals surface area (Å²) in [4.78, 5) is 11.9. The van der Waals surface area contributed by atoms with Gasteiger partial charge < -0.3 is 10.2 Å². The third-order valence-electron chi connectivity index (χ3n) is 6.70. The number of nitrogens with one attached hydrogen (secondary N) is 1. The molecule has 5 heterocycles. The topological polar surface area (TPSA) is 82.7 Å². The van der Waals surface area contributed by atoms with Crippen LogP contribution in [0.15, 0.2) is 30.6 Å². The number of aryl methyl sites for hydroxylation is 1. The van der Waals surface area contributed by atoms with Gasteiger partial charge in [0.15, 0.2) is 5.13 Å². The van der Waals surface area contributed by atoms with Crippen molar-refractivity contribution in [3.05, 3.63) is 36.2 Å². The molecule has 2 fully saturated rings. The van der Waals surface area contributed by atoms with Gasteiger partial charge in [-0.2, -0.15) is 10.4 Å². The Morgan fingerprint density at radius 3 is 2.75 bits per heavy atom. The smallest absolute Gasteiger partial charge is 0.186 e. The third-order valence-corrected chi connectivity index (χ3v) is 7.81. The van der Waals surface area contributed by atoms with Gasteiger partial charge in [-0.25, -0.2) is 4.98 Å². The first-order chi connectivity index (χ1) is 15.1. The first-order valence-corrected chi connectivity index (χ1v) is 11.5. The molecule has 2 bridgehead atoms. The fourth-order valence-corrected chi connectivity index (χ4v) is 6.12. The number of hydrogen-bond acceptors (Lipinski definition) is 7. The first kappa shape index (κ1) is 21.1. The van der Waals surface area contributed by atoms with Crippen molar-refractivity contribution in [2.75, 3.05) is 11.9 Å². The van der Waals surface area contributed by atoms with Crippen molar-refractivity contribution in [1.82, 2.24) is 25.1 Å². The minimum absolute atomic E-state index is 0. The van der Waals surface area contributed by atoms with Crippen molar-refractivity contribution >= 4 is 50.0 Å². The number of thiazole rings is 1. The molecule has 164 valence electrons. The summed E-state index contributed by atoms with van der Waals surface area (Å²) >= 11 is 1.72. The molecule has 32 heavy (non-hydrogen) atoms. The molecule has 1 aromatic carbocycles. The zero-order chi connectivity index (χ0) is 21.1. The van der Waals surface area contributed by atoms with Gasteiger partial charge in [-0.05, 0) is 43.9 Å². The van der Waals surface area contributed by atoms with Crippen LogP contribution < -0.4 is 10.2 Å². The highest BCUT2D eigenvalue weighted by molar-refractivity contribution is 7.22. The maximum atomic E-state index is 9.58. The molecule has 1 N–H and O–H groups in total. The Labute approximate surface area is 196 Å². The van der Waals surface area contributed by atoms with Gasteiger partial charge in [0.2, 0.25) is 0 Å². The van der Waals surface area contributed by atoms with E-state index in [1.165, 1.54) is 25.7 Å². The largest absolute Gasteiger partial charge is 0.348 e. The van der Waals surface area contributed by atoms with E-state index in [0.717, 1.165) is 37.5 Å². The molecule has 2 aliphatic heterocycles. The van der Waals surface area contributed by atoms with Crippen LogP contribution >= 0.6 is 23.7 Å². The molecule has 7 nitrogen and oxygen atoms in total. The number of hydrogen-bond donors (Lipinski definition) is 1. The zero-order valence-electron chi connectivity index (χ0n) is 17.9. The summed E-state index contributed by atoms with van der Waals surface area (Å²) < 4.78 is 2.86. The van der Waals surface area contributed by atoms with Crippen LogP contribution in [0, 0.1) is 11.3 Å². The van der Waals surface area contributed by atoms with Crippen LogP contribution in [0.25, 0.3) is 32.4 Å². The van der Waals surface area contributed by atoms with Crippen molar-refractivity contribution in [1.29, 1.82) is 5.26 Å². The highest BCUT2D eigenvalue weighted by atomic mass is 35.5. The minimum Gasteiger partial charge on any atom is -0.348 e. The van der Waals surface area contributed by atoms with Gasteiger partial charge in [-0.1, -0.05) is 11.3 Å². The lowest BCUT2D eigenvalue weighted by molar-refractivity contribution is 0.354. The molecule has 2 aliphatic rings. The quantitative estimate of drug-likeness (QED) is 0.486. The molecule has 0 radical (unpaired) electrons. The Hall–Kier alpha value is -2.73. The normalized spacial score (nSPS) is 22.1. The van der Waals surface area contributed by atoms with Gasteiger partial charge in [0, 0.05) is 49.4 Å². The Morgan fingerprint density at radius 1 is 1.22 bits per heavy atom. The summed E-state index contributed by atoms with van der Waals surface area (Å²) in [6.07, 6.45) is 8.76. The average molecular weight is 466 g/mol. The van der Waals surface area contributed by atoms with Crippen LogP contribution in [0.4, 0.5) is 5.13 Å². The van der Waals surface area contributed by atoms with Gasteiger partial charge in [-0.3, -0.25) is 9.67 Å². The molecular weight excluding hydrogens is 442 g/mol. The van der Waals surface area contributed by atoms with Crippen LogP contribution in [-0.4, -0.2) is 44.9 Å². The fourth-order valence-electron chi connectivity index (χ4n) is 5.12. The molecule has 3 aromatic heterocycles. The fraction of sp³-hybridized carbons (Fsp3) is 0.391. The molecular formula is C23H24ClN7S. The summed E-state index contributed by atoms with van der Waals surface area (Å²) in [6, 6.07) is 10.2. The molecule has 2 saturated heterocycles. The molecule has 0 amide bonds. The number of rotatable bonds is 3. The Balaban J connectivity index is 0.00000216. The maximum absolute atomic E-state index is 9.58. The molecule has 0 aliphatic carbocycles. The Morgan fingerprint density at radius 2 is 2.00 bits per heavy atom. The monoisotopic (exact) mass is 465 g/mol. The van der Waals surface area contributed by atoms with Crippen molar-refractivity contribution in [2.45, 2.75) is 43.8 Å². The van der Waals surface area contributed by atoms with Crippen LogP contribution in [0.2, 0.25) is 0 Å². The predicted octanol–water partition coefficient (Wildman–Crippen LogP) is 4.26. The van der Waals surface area contributed by atoms with E-state index in [1.807, 2.05) is 25.5 Å². The van der Waals surface area contributed by atoms with E-state index >= 15 is 0 Å². The predicted molar refractivity (Wildman–Crippen MR) is 130 cm³/mol. The van der Waals surface area contributed by atoms with Crippen molar-refractivity contribution in [2.24, 2.45) is 7.05 Å². The number of pyridine rings is 1. The average Bonchev–Trinajstić information content (AvgIpc) is 3.46. The van der Waals surface area contributed by atoms with E-state index in [9.17, 15) is 5.26 Å². The summed E-state index contributed by atoms with van der Waals surface area (Å²) in [5.41, 5.74) is 4.01. The maximum Gasteiger partial charge on any atom is 0.186 e. The van der Waals surface area contributed by atoms with Gasteiger partial charge in [0.25, 0.3) is 0 Å². The van der Waals surface area contributed by atoms with E-state index in [0.29, 0.717) is 23.7 Å². The third kappa shape index (κ3) is 3.51. The highest BCUT2D eigenvalue weighted by Gasteiger charge is 2.35. The second-order valence-corrected chi connectivity index (χ2v) is 9.79. The minimum atomic E-state index is 0. The number of nitriles is 1. The molecule has 3 atom stereocenters. The lowest BCUT2D eigenvalue weighted by Crippen LogP contribution is -2.47. The molecule has 4 aromatic rings. The van der Waals surface area contributed by atoms with Gasteiger partial charge >= 0.3 is 0 Å². The highest BCUT2D eigenvalue weighted by Crippen LogP contribution is 2.36. The van der Waals surface area contributed by atoms with Crippen LogP contribution in [0.3, 0.4) is 0 Å². The Kier molecular flexibility index (Phi) is 5.28. The van der Waals surface area contributed by atoms with Gasteiger partial charge in [0.1, 0.15) is 17.1 Å². The summed E-state index contributed by atoms with van der Waals surface area (Å²) in [6.45, 7) is 0. The Bertz CT molecular complexity index is 1340. The standard InChI is InChI=1S/C23H23N7S.ClH/c1-29-12-15-6-13(5-14(10-24)22(15)28-29)19-9-21-20(11-25-19)27-23(31-21)30(2)18-7-16-3-4-17(8-18)26-16;/h5-6,9,11-12,16-18,26H,3-4,7-8H2,1-2H3;1H/t16-,17+,18?;. The molecule has 9 heteroatoms. The van der Waals surface area contributed by atoms with E-state index in [2.05, 4.69) is 45.5 Å². The van der Waals surface area contributed by atoms with Crippen molar-refractivity contribution in [3.63, 3.8) is 0 Å². The molecule has 1 unspecified atom stereocenters. The summed E-state index contributed by atoms with van der Waals surface area (Å²) in [7, 11) is 4.05. The number of aromatic nitrogens is 4. The lowest BCUT2D eigenvalue weighted by Gasteiger charge is -2.35. The number of piperidine rings is 1. The van der Waals surface area contributed by atoms with Crippen LogP contribution in [0.1, 0.15) is 31.2 Å². The first-order valence-electron chi connectivity index (χ1n) is 10.7. The summed E-state index contributed by atoms with van der Waals surface area (Å²) in [5, 5.41) is 19.7. The van der Waals surface area contributed by atoms with Crippen molar-refractivity contribution in [3.8, 4) is 17.3 Å². The lowest BCUT2D eigenvalue weighted by atomic mass is 9.99. The van der Waals surface area contributed by atoms with E-state index < -0.39 is 0 Å². The number of anilines is 1. The molecule has 0 saturated carbocycles. The number of nitrogens with zero attached hydrogens (tertiary/aromatic N) is 6. The molecule has 0 spiro atoms. The number of fused-ring (bicyclic) bond motifs is 4. The second kappa shape index (κ2) is 8.00. The van der Waals surface area contributed by atoms with Crippen LogP contribution in [0.5, 0.6) is 0 Å².